The lowest BCUT2D eigenvalue weighted by molar-refractivity contribution is 0.0601. The number of carbonyl (C=O) groups is 1. The quantitative estimate of drug-likeness (QED) is 0.655. The number of nitrogens with one attached hydrogen (secondary N) is 1. The zero-order chi connectivity index (χ0) is 18.5. The van der Waals surface area contributed by atoms with Gasteiger partial charge >= 0.3 is 5.97 Å². The van der Waals surface area contributed by atoms with Gasteiger partial charge in [0.25, 0.3) is 0 Å². The van der Waals surface area contributed by atoms with Crippen LogP contribution in [0.5, 0.6) is 0 Å². The van der Waals surface area contributed by atoms with Crippen LogP contribution < -0.4 is 5.32 Å². The number of esters is 1. The van der Waals surface area contributed by atoms with Crippen LogP contribution in [-0.4, -0.2) is 44.5 Å². The highest BCUT2D eigenvalue weighted by molar-refractivity contribution is 5.97. The number of aliphatic hydroxyl groups excluding tert-OH is 1. The van der Waals surface area contributed by atoms with Gasteiger partial charge in [0, 0.05) is 18.0 Å². The van der Waals surface area contributed by atoms with Crippen LogP contribution in [0.4, 0.5) is 11.6 Å². The number of hydrogen-bond acceptors (Lipinski definition) is 7. The predicted octanol–water partition coefficient (Wildman–Crippen LogP) is 2.17. The molecule has 0 aliphatic carbocycles. The molecule has 0 bridgehead atoms. The van der Waals surface area contributed by atoms with Crippen LogP contribution in [0.25, 0.3) is 11.3 Å². The summed E-state index contributed by atoms with van der Waals surface area (Å²) in [4.78, 5) is 20.9. The van der Waals surface area contributed by atoms with E-state index in [0.29, 0.717) is 35.0 Å². The van der Waals surface area contributed by atoms with E-state index < -0.39 is 5.97 Å². The van der Waals surface area contributed by atoms with E-state index in [1.165, 1.54) is 7.11 Å². The van der Waals surface area contributed by atoms with Crippen molar-refractivity contribution < 1.29 is 14.6 Å². The Kier molecular flexibility index (Phi) is 5.23. The molecule has 0 atom stereocenters. The van der Waals surface area contributed by atoms with E-state index in [4.69, 9.17) is 9.84 Å². The van der Waals surface area contributed by atoms with Crippen molar-refractivity contribution in [2.75, 3.05) is 19.0 Å². The number of rotatable bonds is 6. The maximum absolute atomic E-state index is 12.0. The second kappa shape index (κ2) is 7.75. The van der Waals surface area contributed by atoms with E-state index in [2.05, 4.69) is 20.4 Å². The Balaban J connectivity index is 1.94. The topological polar surface area (TPSA) is 102 Å². The third kappa shape index (κ3) is 3.70. The molecule has 0 saturated heterocycles. The number of carbonyl (C=O) groups excluding carboxylic acids is 1. The molecule has 8 heteroatoms. The van der Waals surface area contributed by atoms with Gasteiger partial charge in [-0.15, -0.1) is 0 Å². The fourth-order valence-corrected chi connectivity index (χ4v) is 2.53. The third-order valence-electron chi connectivity index (χ3n) is 3.78. The average Bonchev–Trinajstić information content (AvgIpc) is 3.10. The van der Waals surface area contributed by atoms with Gasteiger partial charge in [-0.25, -0.2) is 14.8 Å². The molecule has 8 nitrogen and oxygen atoms in total. The van der Waals surface area contributed by atoms with E-state index in [-0.39, 0.29) is 6.61 Å². The molecule has 134 valence electrons. The van der Waals surface area contributed by atoms with E-state index in [0.717, 1.165) is 5.56 Å². The SMILES string of the molecule is COC(=O)c1ccccc1-c1nc(Nc2cnn(CCO)c2)ncc1C. The van der Waals surface area contributed by atoms with Crippen LogP contribution in [0, 0.1) is 6.92 Å². The summed E-state index contributed by atoms with van der Waals surface area (Å²) in [6.45, 7) is 2.30. The van der Waals surface area contributed by atoms with Crippen molar-refractivity contribution in [3.63, 3.8) is 0 Å². The lowest BCUT2D eigenvalue weighted by atomic mass is 10.0. The minimum atomic E-state index is -0.418. The van der Waals surface area contributed by atoms with Gasteiger partial charge in [0.2, 0.25) is 5.95 Å². The molecule has 1 aromatic carbocycles. The molecule has 0 aliphatic heterocycles. The largest absolute Gasteiger partial charge is 0.465 e. The van der Waals surface area contributed by atoms with Crippen molar-refractivity contribution in [2.24, 2.45) is 0 Å². The third-order valence-corrected chi connectivity index (χ3v) is 3.78. The Labute approximate surface area is 150 Å². The molecule has 0 saturated carbocycles. The van der Waals surface area contributed by atoms with E-state index in [1.54, 1.807) is 35.4 Å². The molecule has 0 spiro atoms. The molecule has 0 amide bonds. The molecular formula is C18H19N5O3. The highest BCUT2D eigenvalue weighted by atomic mass is 16.5. The summed E-state index contributed by atoms with van der Waals surface area (Å²) in [6.07, 6.45) is 5.07. The molecule has 3 aromatic rings. The highest BCUT2D eigenvalue weighted by Crippen LogP contribution is 2.26. The molecule has 3 rings (SSSR count). The van der Waals surface area contributed by atoms with Gasteiger partial charge in [-0.05, 0) is 18.6 Å². The normalized spacial score (nSPS) is 10.6. The maximum Gasteiger partial charge on any atom is 0.338 e. The Morgan fingerprint density at radius 1 is 1.31 bits per heavy atom. The van der Waals surface area contributed by atoms with Crippen LogP contribution in [0.15, 0.2) is 42.9 Å². The van der Waals surface area contributed by atoms with Crippen LogP contribution in [0.3, 0.4) is 0 Å². The first kappa shape index (κ1) is 17.6. The second-order valence-electron chi connectivity index (χ2n) is 5.60. The number of nitrogens with zero attached hydrogens (tertiary/aromatic N) is 4. The van der Waals surface area contributed by atoms with Crippen LogP contribution in [-0.2, 0) is 11.3 Å². The van der Waals surface area contributed by atoms with Gasteiger partial charge in [-0.1, -0.05) is 18.2 Å². The predicted molar refractivity (Wildman–Crippen MR) is 96.1 cm³/mol. The number of aliphatic hydroxyl groups is 1. The molecular weight excluding hydrogens is 334 g/mol. The van der Waals surface area contributed by atoms with E-state index in [1.807, 2.05) is 19.1 Å². The summed E-state index contributed by atoms with van der Waals surface area (Å²) < 4.78 is 6.48. The summed E-state index contributed by atoms with van der Waals surface area (Å²) in [6, 6.07) is 7.15. The van der Waals surface area contributed by atoms with Gasteiger partial charge in [0.1, 0.15) is 0 Å². The smallest absolute Gasteiger partial charge is 0.338 e. The number of benzene rings is 1. The molecule has 0 unspecified atom stereocenters. The molecule has 2 N–H and O–H groups in total. The lowest BCUT2D eigenvalue weighted by Gasteiger charge is -2.11. The minimum absolute atomic E-state index is 0.0105. The Morgan fingerprint density at radius 3 is 2.88 bits per heavy atom. The van der Waals surface area contributed by atoms with Crippen LogP contribution in [0.2, 0.25) is 0 Å². The van der Waals surface area contributed by atoms with Crippen molar-refractivity contribution in [2.45, 2.75) is 13.5 Å². The summed E-state index contributed by atoms with van der Waals surface area (Å²) >= 11 is 0. The van der Waals surface area contributed by atoms with Crippen molar-refractivity contribution in [1.82, 2.24) is 19.7 Å². The molecule has 2 heterocycles. The number of ether oxygens (including phenoxy) is 1. The van der Waals surface area contributed by atoms with Crippen molar-refractivity contribution in [3.8, 4) is 11.3 Å². The number of hydrogen-bond donors (Lipinski definition) is 2. The first-order chi connectivity index (χ1) is 12.6. The number of aromatic nitrogens is 4. The fraction of sp³-hybridized carbons (Fsp3) is 0.222. The Hall–Kier alpha value is -3.26. The summed E-state index contributed by atoms with van der Waals surface area (Å²) in [5.74, 6) is -0.0350. The van der Waals surface area contributed by atoms with Gasteiger partial charge in [0.05, 0.1) is 43.4 Å². The molecule has 0 aliphatic rings. The van der Waals surface area contributed by atoms with E-state index >= 15 is 0 Å². The Morgan fingerprint density at radius 2 is 2.12 bits per heavy atom. The maximum atomic E-state index is 12.0. The van der Waals surface area contributed by atoms with Gasteiger partial charge in [0.15, 0.2) is 0 Å². The molecule has 0 fully saturated rings. The van der Waals surface area contributed by atoms with Crippen molar-refractivity contribution in [1.29, 1.82) is 0 Å². The molecule has 26 heavy (non-hydrogen) atoms. The van der Waals surface area contributed by atoms with Gasteiger partial charge in [-0.3, -0.25) is 4.68 Å². The molecule has 0 radical (unpaired) electrons. The van der Waals surface area contributed by atoms with Crippen LogP contribution >= 0.6 is 0 Å². The van der Waals surface area contributed by atoms with E-state index in [9.17, 15) is 4.79 Å². The average molecular weight is 353 g/mol. The van der Waals surface area contributed by atoms with Crippen LogP contribution in [0.1, 0.15) is 15.9 Å². The zero-order valence-corrected chi connectivity index (χ0v) is 14.5. The first-order valence-electron chi connectivity index (χ1n) is 8.04. The second-order valence-corrected chi connectivity index (χ2v) is 5.60. The fourth-order valence-electron chi connectivity index (χ4n) is 2.53. The number of methoxy groups -OCH3 is 1. The highest BCUT2D eigenvalue weighted by Gasteiger charge is 2.16. The number of aryl methyl sites for hydroxylation is 1. The summed E-state index contributed by atoms with van der Waals surface area (Å²) in [7, 11) is 1.35. The van der Waals surface area contributed by atoms with Crippen molar-refractivity contribution >= 4 is 17.6 Å². The van der Waals surface area contributed by atoms with Crippen molar-refractivity contribution in [3.05, 3.63) is 54.0 Å². The summed E-state index contributed by atoms with van der Waals surface area (Å²) in [5, 5.41) is 16.2. The molecule has 2 aromatic heterocycles. The number of anilines is 2. The van der Waals surface area contributed by atoms with Gasteiger partial charge < -0.3 is 15.2 Å². The standard InChI is InChI=1S/C18H19N5O3/c1-12-9-19-18(21-13-10-20-23(11-13)7-8-24)22-16(12)14-5-3-4-6-15(14)17(25)26-2/h3-6,9-11,24H,7-8H2,1-2H3,(H,19,21,22). The first-order valence-corrected chi connectivity index (χ1v) is 8.04. The Bertz CT molecular complexity index is 923. The zero-order valence-electron chi connectivity index (χ0n) is 14.5. The lowest BCUT2D eigenvalue weighted by Crippen LogP contribution is -2.06. The monoisotopic (exact) mass is 353 g/mol. The minimum Gasteiger partial charge on any atom is -0.465 e. The van der Waals surface area contributed by atoms with Gasteiger partial charge in [-0.2, -0.15) is 5.10 Å². The summed E-state index contributed by atoms with van der Waals surface area (Å²) in [5.41, 5.74) is 3.31.